The van der Waals surface area contributed by atoms with E-state index in [9.17, 15) is 0 Å². The molecule has 78 valence electrons. The minimum Gasteiger partial charge on any atom is -0.384 e. The minimum atomic E-state index is 0.496. The molecule has 0 unspecified atom stereocenters. The predicted octanol–water partition coefficient (Wildman–Crippen LogP) is 2.37. The number of aromatic nitrogens is 1. The monoisotopic (exact) mass is 208 g/mol. The van der Waals surface area contributed by atoms with Gasteiger partial charge < -0.3 is 5.73 Å². The molecule has 0 aliphatic heterocycles. The van der Waals surface area contributed by atoms with E-state index in [0.29, 0.717) is 11.5 Å². The average Bonchev–Trinajstić information content (AvgIpc) is 2.28. The molecular weight excluding hydrogens is 196 g/mol. The molecule has 2 aromatic rings. The normalized spacial score (nSPS) is 9.31. The Morgan fingerprint density at radius 2 is 1.75 bits per heavy atom. The van der Waals surface area contributed by atoms with Crippen LogP contribution in [0.3, 0.4) is 0 Å². The van der Waals surface area contributed by atoms with Crippen molar-refractivity contribution in [2.24, 2.45) is 0 Å². The number of rotatable bonds is 0. The van der Waals surface area contributed by atoms with Crippen LogP contribution in [0.5, 0.6) is 0 Å². The zero-order chi connectivity index (χ0) is 11.4. The van der Waals surface area contributed by atoms with Gasteiger partial charge in [0.05, 0.1) is 0 Å². The first-order valence-corrected chi connectivity index (χ1v) is 5.05. The Morgan fingerprint density at radius 1 is 1.00 bits per heavy atom. The van der Waals surface area contributed by atoms with Crippen LogP contribution in [0.1, 0.15) is 16.8 Å². The molecule has 0 bridgehead atoms. The van der Waals surface area contributed by atoms with Gasteiger partial charge in [-0.1, -0.05) is 29.7 Å². The third-order valence-corrected chi connectivity index (χ3v) is 2.16. The van der Waals surface area contributed by atoms with Gasteiger partial charge >= 0.3 is 0 Å². The molecule has 2 rings (SSSR count). The molecule has 0 fully saturated rings. The summed E-state index contributed by atoms with van der Waals surface area (Å²) in [5.74, 6) is 6.52. The van der Waals surface area contributed by atoms with Crippen molar-refractivity contribution in [2.75, 3.05) is 5.73 Å². The first kappa shape index (κ1) is 10.3. The SMILES string of the molecule is Cc1ccc(C#Cc2cccc(N)n2)cc1. The van der Waals surface area contributed by atoms with E-state index in [1.807, 2.05) is 36.4 Å². The van der Waals surface area contributed by atoms with E-state index in [1.165, 1.54) is 5.56 Å². The molecule has 0 radical (unpaired) electrons. The Kier molecular flexibility index (Phi) is 2.88. The molecule has 0 aliphatic rings. The van der Waals surface area contributed by atoms with Crippen molar-refractivity contribution in [1.82, 2.24) is 4.98 Å². The molecular formula is C14H12N2. The van der Waals surface area contributed by atoms with E-state index in [0.717, 1.165) is 5.56 Å². The highest BCUT2D eigenvalue weighted by molar-refractivity contribution is 5.42. The Hall–Kier alpha value is -2.27. The van der Waals surface area contributed by atoms with E-state index < -0.39 is 0 Å². The summed E-state index contributed by atoms with van der Waals surface area (Å²) in [6.07, 6.45) is 0. The second-order valence-electron chi connectivity index (χ2n) is 3.56. The van der Waals surface area contributed by atoms with Crippen LogP contribution in [-0.4, -0.2) is 4.98 Å². The number of hydrogen-bond donors (Lipinski definition) is 1. The van der Waals surface area contributed by atoms with Crippen LogP contribution >= 0.6 is 0 Å². The zero-order valence-corrected chi connectivity index (χ0v) is 9.07. The van der Waals surface area contributed by atoms with Gasteiger partial charge in [-0.05, 0) is 37.1 Å². The quantitative estimate of drug-likeness (QED) is 0.675. The maximum atomic E-state index is 5.57. The van der Waals surface area contributed by atoms with Gasteiger partial charge in [0.15, 0.2) is 0 Å². The van der Waals surface area contributed by atoms with Crippen LogP contribution in [0.15, 0.2) is 42.5 Å². The summed E-state index contributed by atoms with van der Waals surface area (Å²) in [5, 5.41) is 0. The van der Waals surface area contributed by atoms with Crippen molar-refractivity contribution in [3.8, 4) is 11.8 Å². The van der Waals surface area contributed by atoms with E-state index >= 15 is 0 Å². The first-order valence-electron chi connectivity index (χ1n) is 5.05. The number of pyridine rings is 1. The summed E-state index contributed by atoms with van der Waals surface area (Å²) >= 11 is 0. The van der Waals surface area contributed by atoms with Crippen LogP contribution in [0.2, 0.25) is 0 Å². The van der Waals surface area contributed by atoms with E-state index in [2.05, 4.69) is 23.7 Å². The largest absolute Gasteiger partial charge is 0.384 e. The van der Waals surface area contributed by atoms with Crippen molar-refractivity contribution >= 4 is 5.82 Å². The second-order valence-corrected chi connectivity index (χ2v) is 3.56. The van der Waals surface area contributed by atoms with Crippen molar-refractivity contribution < 1.29 is 0 Å². The molecule has 0 saturated heterocycles. The zero-order valence-electron chi connectivity index (χ0n) is 9.07. The lowest BCUT2D eigenvalue weighted by molar-refractivity contribution is 1.30. The predicted molar refractivity (Wildman–Crippen MR) is 65.8 cm³/mol. The summed E-state index contributed by atoms with van der Waals surface area (Å²) in [5.41, 5.74) is 8.47. The highest BCUT2D eigenvalue weighted by Gasteiger charge is 1.89. The first-order chi connectivity index (χ1) is 7.74. The Bertz CT molecular complexity index is 545. The second kappa shape index (κ2) is 4.50. The minimum absolute atomic E-state index is 0.496. The maximum absolute atomic E-state index is 5.57. The number of nitrogens with two attached hydrogens (primary N) is 1. The molecule has 0 saturated carbocycles. The topological polar surface area (TPSA) is 38.9 Å². The van der Waals surface area contributed by atoms with E-state index in [-0.39, 0.29) is 0 Å². The number of benzene rings is 1. The van der Waals surface area contributed by atoms with Crippen molar-refractivity contribution in [2.45, 2.75) is 6.92 Å². The molecule has 2 N–H and O–H groups in total. The molecule has 2 heteroatoms. The van der Waals surface area contributed by atoms with Crippen molar-refractivity contribution in [3.05, 3.63) is 59.3 Å². The van der Waals surface area contributed by atoms with E-state index in [1.54, 1.807) is 6.07 Å². The molecule has 0 aliphatic carbocycles. The smallest absolute Gasteiger partial charge is 0.124 e. The number of nitrogen functional groups attached to an aromatic ring is 1. The van der Waals surface area contributed by atoms with Crippen LogP contribution in [0.4, 0.5) is 5.82 Å². The fraction of sp³-hybridized carbons (Fsp3) is 0.0714. The van der Waals surface area contributed by atoms with Crippen molar-refractivity contribution in [3.63, 3.8) is 0 Å². The Morgan fingerprint density at radius 3 is 2.44 bits per heavy atom. The van der Waals surface area contributed by atoms with Crippen molar-refractivity contribution in [1.29, 1.82) is 0 Å². The molecule has 0 atom stereocenters. The fourth-order valence-corrected chi connectivity index (χ4v) is 1.29. The molecule has 0 spiro atoms. The highest BCUT2D eigenvalue weighted by Crippen LogP contribution is 2.02. The third kappa shape index (κ3) is 2.61. The molecule has 0 amide bonds. The van der Waals surface area contributed by atoms with Gasteiger partial charge in [-0.15, -0.1) is 0 Å². The van der Waals surface area contributed by atoms with Gasteiger partial charge in [0.2, 0.25) is 0 Å². The number of hydrogen-bond acceptors (Lipinski definition) is 2. The number of nitrogens with zero attached hydrogens (tertiary/aromatic N) is 1. The van der Waals surface area contributed by atoms with Gasteiger partial charge in [0.25, 0.3) is 0 Å². The standard InChI is InChI=1S/C14H12N2/c1-11-5-7-12(8-6-11)9-10-13-3-2-4-14(15)16-13/h2-8H,1H3,(H2,15,16). The van der Waals surface area contributed by atoms with E-state index in [4.69, 9.17) is 5.73 Å². The summed E-state index contributed by atoms with van der Waals surface area (Å²) in [6, 6.07) is 13.5. The van der Waals surface area contributed by atoms with Crippen LogP contribution in [0, 0.1) is 18.8 Å². The molecule has 2 nitrogen and oxygen atoms in total. The number of anilines is 1. The average molecular weight is 208 g/mol. The lowest BCUT2D eigenvalue weighted by atomic mass is 10.1. The van der Waals surface area contributed by atoms with Crippen LogP contribution in [0.25, 0.3) is 0 Å². The van der Waals surface area contributed by atoms with Crippen LogP contribution in [-0.2, 0) is 0 Å². The molecule has 1 heterocycles. The van der Waals surface area contributed by atoms with Gasteiger partial charge in [-0.25, -0.2) is 4.98 Å². The highest BCUT2D eigenvalue weighted by atomic mass is 14.8. The lowest BCUT2D eigenvalue weighted by Crippen LogP contribution is -1.90. The number of aryl methyl sites for hydroxylation is 1. The lowest BCUT2D eigenvalue weighted by Gasteiger charge is -1.93. The summed E-state index contributed by atoms with van der Waals surface area (Å²) in [6.45, 7) is 2.05. The maximum Gasteiger partial charge on any atom is 0.124 e. The van der Waals surface area contributed by atoms with Gasteiger partial charge in [-0.2, -0.15) is 0 Å². The summed E-state index contributed by atoms with van der Waals surface area (Å²) in [4.78, 5) is 4.11. The van der Waals surface area contributed by atoms with Crippen LogP contribution < -0.4 is 5.73 Å². The van der Waals surface area contributed by atoms with Gasteiger partial charge in [0.1, 0.15) is 11.5 Å². The molecule has 16 heavy (non-hydrogen) atoms. The summed E-state index contributed by atoms with van der Waals surface area (Å²) in [7, 11) is 0. The summed E-state index contributed by atoms with van der Waals surface area (Å²) < 4.78 is 0. The molecule has 1 aromatic carbocycles. The van der Waals surface area contributed by atoms with Gasteiger partial charge in [-0.3, -0.25) is 0 Å². The third-order valence-electron chi connectivity index (χ3n) is 2.16. The Balaban J connectivity index is 2.25. The van der Waals surface area contributed by atoms with Gasteiger partial charge in [0, 0.05) is 5.56 Å². The Labute approximate surface area is 95.1 Å². The molecule has 1 aromatic heterocycles. The fourth-order valence-electron chi connectivity index (χ4n) is 1.29.